The molecule has 2 heterocycles. The van der Waals surface area contributed by atoms with E-state index in [2.05, 4.69) is 15.5 Å². The van der Waals surface area contributed by atoms with Crippen molar-refractivity contribution in [3.63, 3.8) is 0 Å². The summed E-state index contributed by atoms with van der Waals surface area (Å²) < 4.78 is 3.05. The number of nitrogens with one attached hydrogen (secondary N) is 1. The minimum Gasteiger partial charge on any atom is -0.321 e. The summed E-state index contributed by atoms with van der Waals surface area (Å²) in [5.41, 5.74) is 3.04. The van der Waals surface area contributed by atoms with E-state index in [9.17, 15) is 14.9 Å². The van der Waals surface area contributed by atoms with Crippen LogP contribution >= 0.6 is 23.2 Å². The average molecular weight is 451 g/mol. The molecule has 1 amide bonds. The second kappa shape index (κ2) is 8.45. The lowest BCUT2D eigenvalue weighted by Gasteiger charge is -2.13. The molecule has 1 aromatic carbocycles. The highest BCUT2D eigenvalue weighted by molar-refractivity contribution is 6.42. The van der Waals surface area contributed by atoms with Crippen molar-refractivity contribution < 1.29 is 9.72 Å². The molecule has 3 rings (SSSR count). The van der Waals surface area contributed by atoms with Gasteiger partial charge in [0.15, 0.2) is 0 Å². The first-order valence-electron chi connectivity index (χ1n) is 9.07. The minimum absolute atomic E-state index is 0.128. The molecule has 1 unspecified atom stereocenters. The molecule has 2 aromatic heterocycles. The number of benzene rings is 1. The number of aromatic nitrogens is 4. The van der Waals surface area contributed by atoms with Crippen molar-refractivity contribution in [2.45, 2.75) is 40.3 Å². The molecule has 30 heavy (non-hydrogen) atoms. The maximum absolute atomic E-state index is 12.7. The summed E-state index contributed by atoms with van der Waals surface area (Å²) in [6.45, 7) is 7.25. The van der Waals surface area contributed by atoms with Crippen molar-refractivity contribution in [3.8, 4) is 0 Å². The Morgan fingerprint density at radius 3 is 2.50 bits per heavy atom. The van der Waals surface area contributed by atoms with Gasteiger partial charge in [-0.25, -0.2) is 0 Å². The fraction of sp³-hybridized carbons (Fsp3) is 0.316. The van der Waals surface area contributed by atoms with Crippen LogP contribution in [-0.2, 0) is 11.3 Å². The fourth-order valence-corrected chi connectivity index (χ4v) is 3.36. The molecule has 0 radical (unpaired) electrons. The Kier molecular flexibility index (Phi) is 6.14. The summed E-state index contributed by atoms with van der Waals surface area (Å²) in [6.07, 6.45) is 1.26. The van der Waals surface area contributed by atoms with Gasteiger partial charge in [0.25, 0.3) is 0 Å². The maximum Gasteiger partial charge on any atom is 0.309 e. The Morgan fingerprint density at radius 2 is 1.90 bits per heavy atom. The Bertz CT molecular complexity index is 1140. The van der Waals surface area contributed by atoms with E-state index in [0.717, 1.165) is 11.3 Å². The molecule has 0 saturated carbocycles. The molecular weight excluding hydrogens is 431 g/mol. The van der Waals surface area contributed by atoms with E-state index < -0.39 is 11.0 Å². The Labute approximate surface area is 182 Å². The topological polar surface area (TPSA) is 108 Å². The van der Waals surface area contributed by atoms with Crippen LogP contribution in [0.2, 0.25) is 10.0 Å². The number of anilines is 1. The van der Waals surface area contributed by atoms with Crippen LogP contribution < -0.4 is 5.32 Å². The lowest BCUT2D eigenvalue weighted by molar-refractivity contribution is -0.385. The molecule has 0 fully saturated rings. The lowest BCUT2D eigenvalue weighted by atomic mass is 10.2. The normalized spacial score (nSPS) is 12.1. The van der Waals surface area contributed by atoms with Crippen molar-refractivity contribution in [1.29, 1.82) is 0 Å². The predicted octanol–water partition coefficient (Wildman–Crippen LogP) is 4.47. The Balaban J connectivity index is 1.79. The molecule has 0 aliphatic heterocycles. The van der Waals surface area contributed by atoms with E-state index in [0.29, 0.717) is 28.0 Å². The van der Waals surface area contributed by atoms with Crippen molar-refractivity contribution in [2.24, 2.45) is 0 Å². The van der Waals surface area contributed by atoms with Gasteiger partial charge in [0, 0.05) is 0 Å². The lowest BCUT2D eigenvalue weighted by Crippen LogP contribution is -2.24. The number of amides is 1. The zero-order valence-corrected chi connectivity index (χ0v) is 18.3. The zero-order chi connectivity index (χ0) is 22.2. The molecule has 0 bridgehead atoms. The SMILES string of the molecule is Cc1nn(C(C)C(=O)Nc2c(C)nn(Cc3ccc(Cl)c(Cl)c3)c2C)cc1[N+](=O)[O-]. The average Bonchev–Trinajstić information content (AvgIpc) is 3.19. The molecule has 0 spiro atoms. The van der Waals surface area contributed by atoms with Gasteiger partial charge in [-0.2, -0.15) is 10.2 Å². The summed E-state index contributed by atoms with van der Waals surface area (Å²) in [5.74, 6) is -0.354. The van der Waals surface area contributed by atoms with Gasteiger partial charge in [0.05, 0.1) is 38.6 Å². The van der Waals surface area contributed by atoms with E-state index in [4.69, 9.17) is 23.2 Å². The third kappa shape index (κ3) is 4.31. The largest absolute Gasteiger partial charge is 0.321 e. The Hall–Kier alpha value is -2.91. The molecule has 0 aliphatic carbocycles. The number of nitrogens with zero attached hydrogens (tertiary/aromatic N) is 5. The van der Waals surface area contributed by atoms with Gasteiger partial charge in [-0.15, -0.1) is 0 Å². The van der Waals surface area contributed by atoms with Gasteiger partial charge in [0.2, 0.25) is 5.91 Å². The number of carbonyl (C=O) groups excluding carboxylic acids is 1. The first-order chi connectivity index (χ1) is 14.1. The van der Waals surface area contributed by atoms with Gasteiger partial charge >= 0.3 is 5.69 Å². The third-order valence-corrected chi connectivity index (χ3v) is 5.55. The quantitative estimate of drug-likeness (QED) is 0.440. The van der Waals surface area contributed by atoms with Crippen LogP contribution in [0.4, 0.5) is 11.4 Å². The highest BCUT2D eigenvalue weighted by atomic mass is 35.5. The van der Waals surface area contributed by atoms with Crippen LogP contribution in [0.25, 0.3) is 0 Å². The third-order valence-electron chi connectivity index (χ3n) is 4.81. The molecule has 158 valence electrons. The van der Waals surface area contributed by atoms with Gasteiger partial charge in [-0.05, 0) is 45.4 Å². The number of rotatable bonds is 6. The van der Waals surface area contributed by atoms with E-state index in [1.807, 2.05) is 13.0 Å². The van der Waals surface area contributed by atoms with Crippen molar-refractivity contribution in [2.75, 3.05) is 5.32 Å². The molecule has 0 saturated heterocycles. The summed E-state index contributed by atoms with van der Waals surface area (Å²) in [7, 11) is 0. The predicted molar refractivity (Wildman–Crippen MR) is 114 cm³/mol. The first kappa shape index (κ1) is 21.8. The summed E-state index contributed by atoms with van der Waals surface area (Å²) in [6, 6.07) is 4.61. The van der Waals surface area contributed by atoms with Gasteiger partial charge in [-0.1, -0.05) is 29.3 Å². The number of carbonyl (C=O) groups is 1. The van der Waals surface area contributed by atoms with Crippen molar-refractivity contribution in [3.05, 3.63) is 67.2 Å². The Morgan fingerprint density at radius 1 is 1.20 bits per heavy atom. The van der Waals surface area contributed by atoms with E-state index in [1.165, 1.54) is 17.8 Å². The van der Waals surface area contributed by atoms with Crippen LogP contribution in [0.3, 0.4) is 0 Å². The van der Waals surface area contributed by atoms with Gasteiger partial charge < -0.3 is 5.32 Å². The van der Waals surface area contributed by atoms with Crippen LogP contribution in [0.15, 0.2) is 24.4 Å². The fourth-order valence-electron chi connectivity index (χ4n) is 3.04. The van der Waals surface area contributed by atoms with Crippen LogP contribution in [0.5, 0.6) is 0 Å². The highest BCUT2D eigenvalue weighted by Gasteiger charge is 2.24. The highest BCUT2D eigenvalue weighted by Crippen LogP contribution is 2.26. The smallest absolute Gasteiger partial charge is 0.309 e. The molecular formula is C19H20Cl2N6O3. The van der Waals surface area contributed by atoms with E-state index in [-0.39, 0.29) is 17.3 Å². The molecule has 1 atom stereocenters. The molecule has 0 aliphatic rings. The minimum atomic E-state index is -0.741. The second-order valence-corrected chi connectivity index (χ2v) is 7.77. The molecule has 3 aromatic rings. The second-order valence-electron chi connectivity index (χ2n) is 6.95. The monoisotopic (exact) mass is 450 g/mol. The van der Waals surface area contributed by atoms with E-state index in [1.54, 1.807) is 30.7 Å². The van der Waals surface area contributed by atoms with Crippen LogP contribution in [0.1, 0.15) is 35.6 Å². The number of nitro groups is 1. The van der Waals surface area contributed by atoms with Gasteiger partial charge in [-0.3, -0.25) is 24.3 Å². The van der Waals surface area contributed by atoms with E-state index >= 15 is 0 Å². The van der Waals surface area contributed by atoms with Crippen LogP contribution in [-0.4, -0.2) is 30.4 Å². The summed E-state index contributed by atoms with van der Waals surface area (Å²) >= 11 is 12.0. The number of halogens is 2. The zero-order valence-electron chi connectivity index (χ0n) is 16.8. The van der Waals surface area contributed by atoms with Gasteiger partial charge in [0.1, 0.15) is 17.9 Å². The van der Waals surface area contributed by atoms with Crippen molar-refractivity contribution >= 4 is 40.5 Å². The summed E-state index contributed by atoms with van der Waals surface area (Å²) in [4.78, 5) is 23.2. The maximum atomic E-state index is 12.7. The standard InChI is InChI=1S/C19H20Cl2N6O3/c1-10-17(27(29)30)9-26(23-10)13(4)19(28)22-18-11(2)24-25(12(18)3)8-14-5-6-15(20)16(21)7-14/h5-7,9,13H,8H2,1-4H3,(H,22,28). The molecule has 11 heteroatoms. The number of aryl methyl sites for hydroxylation is 2. The first-order valence-corrected chi connectivity index (χ1v) is 9.83. The summed E-state index contributed by atoms with van der Waals surface area (Å²) in [5, 5.41) is 23.4. The molecule has 9 nitrogen and oxygen atoms in total. The number of hydrogen-bond acceptors (Lipinski definition) is 5. The van der Waals surface area contributed by atoms with Crippen molar-refractivity contribution in [1.82, 2.24) is 19.6 Å². The number of hydrogen-bond donors (Lipinski definition) is 1. The van der Waals surface area contributed by atoms with Crippen LogP contribution in [0, 0.1) is 30.9 Å². The molecule has 1 N–H and O–H groups in total.